The molecule has 0 bridgehead atoms. The van der Waals surface area contributed by atoms with E-state index in [1.54, 1.807) is 12.1 Å². The van der Waals surface area contributed by atoms with Crippen LogP contribution in [0.25, 0.3) is 11.1 Å². The van der Waals surface area contributed by atoms with Crippen LogP contribution in [0.15, 0.2) is 72.8 Å². The van der Waals surface area contributed by atoms with Gasteiger partial charge in [0.25, 0.3) is 0 Å². The molecule has 0 fully saturated rings. The molecule has 1 aliphatic rings. The van der Waals surface area contributed by atoms with Crippen molar-refractivity contribution in [1.82, 2.24) is 4.90 Å². The predicted octanol–water partition coefficient (Wildman–Crippen LogP) is 5.29. The maximum Gasteiger partial charge on any atom is 0.410 e. The van der Waals surface area contributed by atoms with E-state index in [0.717, 1.165) is 27.8 Å². The van der Waals surface area contributed by atoms with Crippen molar-refractivity contribution in [2.75, 3.05) is 19.7 Å². The van der Waals surface area contributed by atoms with Crippen LogP contribution in [-0.2, 0) is 9.53 Å². The Bertz CT molecular complexity index is 1160. The first-order valence-corrected chi connectivity index (χ1v) is 11.4. The van der Waals surface area contributed by atoms with Crippen molar-refractivity contribution in [3.05, 3.63) is 95.1 Å². The lowest BCUT2D eigenvalue weighted by atomic mass is 9.98. The summed E-state index contributed by atoms with van der Waals surface area (Å²) < 4.78 is 5.70. The number of carbonyl (C=O) groups excluding carboxylic acids is 2. The number of Topliss-reactive ketones (excluding diaryl/α,β-unsaturated/α-hetero) is 1. The Morgan fingerprint density at radius 3 is 2.06 bits per heavy atom. The number of ether oxygens (including phenoxy) is 1. The van der Waals surface area contributed by atoms with Gasteiger partial charge in [-0.05, 0) is 35.6 Å². The Kier molecular flexibility index (Phi) is 7.07. The maximum atomic E-state index is 13.0. The summed E-state index contributed by atoms with van der Waals surface area (Å²) in [6.07, 6.45) is -0.472. The number of hydrogen-bond donors (Lipinski definition) is 1. The summed E-state index contributed by atoms with van der Waals surface area (Å²) in [5, 5.41) is 8.98. The van der Waals surface area contributed by atoms with Gasteiger partial charge in [-0.1, -0.05) is 78.4 Å². The number of carboxylic acid groups (broad SMARTS) is 1. The molecule has 34 heavy (non-hydrogen) atoms. The van der Waals surface area contributed by atoms with Crippen molar-refractivity contribution in [2.24, 2.45) is 0 Å². The van der Waals surface area contributed by atoms with Crippen LogP contribution in [0, 0.1) is 6.92 Å². The third-order valence-corrected chi connectivity index (χ3v) is 6.12. The molecular formula is C28H27NO5. The molecule has 1 N–H and O–H groups in total. The highest BCUT2D eigenvalue weighted by atomic mass is 16.6. The minimum atomic E-state index is -0.947. The summed E-state index contributed by atoms with van der Waals surface area (Å²) in [6.45, 7) is 2.03. The van der Waals surface area contributed by atoms with Gasteiger partial charge in [0.15, 0.2) is 5.78 Å². The molecule has 1 aliphatic carbocycles. The Labute approximate surface area is 198 Å². The van der Waals surface area contributed by atoms with E-state index in [0.29, 0.717) is 5.56 Å². The van der Waals surface area contributed by atoms with Gasteiger partial charge in [0, 0.05) is 24.4 Å². The molecule has 6 heteroatoms. The second kappa shape index (κ2) is 10.3. The number of hydrogen-bond acceptors (Lipinski definition) is 4. The smallest absolute Gasteiger partial charge is 0.410 e. The van der Waals surface area contributed by atoms with E-state index in [2.05, 4.69) is 12.1 Å². The van der Waals surface area contributed by atoms with Gasteiger partial charge in [-0.2, -0.15) is 0 Å². The van der Waals surface area contributed by atoms with E-state index in [1.807, 2.05) is 55.5 Å². The quantitative estimate of drug-likeness (QED) is 0.441. The molecule has 0 saturated heterocycles. The second-order valence-corrected chi connectivity index (χ2v) is 8.51. The molecule has 6 nitrogen and oxygen atoms in total. The average molecular weight is 458 g/mol. The molecule has 3 aromatic carbocycles. The van der Waals surface area contributed by atoms with Gasteiger partial charge in [0.2, 0.25) is 0 Å². The molecule has 3 aromatic rings. The SMILES string of the molecule is Cc1ccc(C(=O)CN(CCCC(=O)O)C(=O)OCC2c3ccccc3-c3ccccc32)cc1. The lowest BCUT2D eigenvalue weighted by Gasteiger charge is -2.23. The Morgan fingerprint density at radius 2 is 1.47 bits per heavy atom. The number of nitrogens with zero attached hydrogens (tertiary/aromatic N) is 1. The zero-order valence-electron chi connectivity index (χ0n) is 19.1. The topological polar surface area (TPSA) is 83.9 Å². The molecule has 0 radical (unpaired) electrons. The Hall–Kier alpha value is -3.93. The van der Waals surface area contributed by atoms with Gasteiger partial charge in [-0.25, -0.2) is 4.79 Å². The molecule has 1 amide bonds. The highest BCUT2D eigenvalue weighted by molar-refractivity contribution is 5.99. The fourth-order valence-corrected chi connectivity index (χ4v) is 4.35. The molecule has 0 aliphatic heterocycles. The van der Waals surface area contributed by atoms with Crippen molar-refractivity contribution < 1.29 is 24.2 Å². The fourth-order valence-electron chi connectivity index (χ4n) is 4.35. The Morgan fingerprint density at radius 1 is 0.882 bits per heavy atom. The lowest BCUT2D eigenvalue weighted by Crippen LogP contribution is -2.37. The highest BCUT2D eigenvalue weighted by Crippen LogP contribution is 2.44. The lowest BCUT2D eigenvalue weighted by molar-refractivity contribution is -0.137. The van der Waals surface area contributed by atoms with Crippen LogP contribution >= 0.6 is 0 Å². The van der Waals surface area contributed by atoms with Crippen molar-refractivity contribution >= 4 is 17.8 Å². The van der Waals surface area contributed by atoms with Crippen LogP contribution in [0.5, 0.6) is 0 Å². The van der Waals surface area contributed by atoms with Gasteiger partial charge in [0.1, 0.15) is 6.61 Å². The van der Waals surface area contributed by atoms with Gasteiger partial charge in [-0.3, -0.25) is 9.59 Å². The highest BCUT2D eigenvalue weighted by Gasteiger charge is 2.30. The number of carbonyl (C=O) groups is 3. The normalized spacial score (nSPS) is 12.0. The second-order valence-electron chi connectivity index (χ2n) is 8.51. The van der Waals surface area contributed by atoms with E-state index < -0.39 is 12.1 Å². The van der Waals surface area contributed by atoms with E-state index in [-0.39, 0.29) is 44.2 Å². The third kappa shape index (κ3) is 5.17. The summed E-state index contributed by atoms with van der Waals surface area (Å²) in [7, 11) is 0. The third-order valence-electron chi connectivity index (χ3n) is 6.12. The molecule has 0 aromatic heterocycles. The zero-order valence-corrected chi connectivity index (χ0v) is 19.1. The van der Waals surface area contributed by atoms with Crippen LogP contribution in [0.1, 0.15) is 45.8 Å². The van der Waals surface area contributed by atoms with Crippen LogP contribution in [-0.4, -0.2) is 47.5 Å². The minimum Gasteiger partial charge on any atom is -0.481 e. The van der Waals surface area contributed by atoms with E-state index >= 15 is 0 Å². The summed E-state index contributed by atoms with van der Waals surface area (Å²) in [5.41, 5.74) is 6.00. The predicted molar refractivity (Wildman–Crippen MR) is 129 cm³/mol. The number of aryl methyl sites for hydroxylation is 1. The molecular weight excluding hydrogens is 430 g/mol. The summed E-state index contributed by atoms with van der Waals surface area (Å²) in [4.78, 5) is 38.1. The molecule has 0 atom stereocenters. The van der Waals surface area contributed by atoms with Crippen LogP contribution in [0.2, 0.25) is 0 Å². The van der Waals surface area contributed by atoms with Crippen molar-refractivity contribution in [1.29, 1.82) is 0 Å². The first kappa shape index (κ1) is 23.2. The zero-order chi connectivity index (χ0) is 24.1. The van der Waals surface area contributed by atoms with Crippen molar-refractivity contribution in [3.8, 4) is 11.1 Å². The van der Waals surface area contributed by atoms with E-state index in [4.69, 9.17) is 9.84 Å². The minimum absolute atomic E-state index is 0.0914. The number of aliphatic carboxylic acids is 1. The number of benzene rings is 3. The largest absolute Gasteiger partial charge is 0.481 e. The molecule has 0 heterocycles. The molecule has 0 unspecified atom stereocenters. The first-order valence-electron chi connectivity index (χ1n) is 11.4. The van der Waals surface area contributed by atoms with Crippen molar-refractivity contribution in [2.45, 2.75) is 25.7 Å². The molecule has 0 spiro atoms. The molecule has 0 saturated carbocycles. The van der Waals surface area contributed by atoms with Crippen LogP contribution in [0.3, 0.4) is 0 Å². The van der Waals surface area contributed by atoms with Gasteiger partial charge < -0.3 is 14.7 Å². The van der Waals surface area contributed by atoms with Crippen molar-refractivity contribution in [3.63, 3.8) is 0 Å². The summed E-state index contributed by atoms with van der Waals surface area (Å²) >= 11 is 0. The summed E-state index contributed by atoms with van der Waals surface area (Å²) in [6, 6.07) is 23.3. The van der Waals surface area contributed by atoms with Gasteiger partial charge in [-0.15, -0.1) is 0 Å². The van der Waals surface area contributed by atoms with Crippen LogP contribution < -0.4 is 0 Å². The number of fused-ring (bicyclic) bond motifs is 3. The standard InChI is InChI=1S/C28H27NO5/c1-19-12-14-20(15-13-19)26(30)17-29(16-6-11-27(31)32)28(33)34-18-25-23-9-4-2-7-21(23)22-8-3-5-10-24(22)25/h2-5,7-10,12-15,25H,6,11,16-18H2,1H3,(H,31,32). The van der Waals surface area contributed by atoms with E-state index in [1.165, 1.54) is 4.90 Å². The monoisotopic (exact) mass is 457 g/mol. The number of amides is 1. The van der Waals surface area contributed by atoms with Gasteiger partial charge >= 0.3 is 12.1 Å². The Balaban J connectivity index is 1.47. The van der Waals surface area contributed by atoms with Gasteiger partial charge in [0.05, 0.1) is 6.54 Å². The first-order chi connectivity index (χ1) is 16.4. The molecule has 174 valence electrons. The van der Waals surface area contributed by atoms with E-state index in [9.17, 15) is 14.4 Å². The number of rotatable bonds is 9. The van der Waals surface area contributed by atoms with Crippen LogP contribution in [0.4, 0.5) is 4.79 Å². The maximum absolute atomic E-state index is 13.0. The number of carboxylic acids is 1. The average Bonchev–Trinajstić information content (AvgIpc) is 3.16. The fraction of sp³-hybridized carbons (Fsp3) is 0.250. The number of ketones is 1. The summed E-state index contributed by atoms with van der Waals surface area (Å²) in [5.74, 6) is -1.26. The molecule has 4 rings (SSSR count).